The normalized spacial score (nSPS) is 18.3. The predicted octanol–water partition coefficient (Wildman–Crippen LogP) is 1.80. The molecule has 2 aromatic rings. The molecule has 10 heteroatoms. The lowest BCUT2D eigenvalue weighted by molar-refractivity contribution is -0.130. The molecule has 0 N–H and O–H groups in total. The number of thioether (sulfide) groups is 1. The van der Waals surface area contributed by atoms with E-state index in [4.69, 9.17) is 0 Å². The molecule has 2 heterocycles. The number of hydrogen-bond donors (Lipinski definition) is 0. The molecule has 0 unspecified atom stereocenters. The third kappa shape index (κ3) is 4.54. The number of sulfone groups is 1. The van der Waals surface area contributed by atoms with E-state index in [0.717, 1.165) is 23.2 Å². The van der Waals surface area contributed by atoms with Gasteiger partial charge < -0.3 is 4.90 Å². The summed E-state index contributed by atoms with van der Waals surface area (Å²) in [5, 5.41) is 12.4. The Balaban J connectivity index is 1.72. The minimum Gasteiger partial charge on any atom is -0.338 e. The van der Waals surface area contributed by atoms with Crippen LogP contribution < -0.4 is 0 Å². The topological polar surface area (TPSA) is 98.1 Å². The summed E-state index contributed by atoms with van der Waals surface area (Å²) in [6, 6.07) is 5.69. The van der Waals surface area contributed by atoms with Gasteiger partial charge in [0.2, 0.25) is 11.1 Å². The number of rotatable bonds is 7. The first-order chi connectivity index (χ1) is 13.3. The van der Waals surface area contributed by atoms with E-state index >= 15 is 0 Å². The fourth-order valence-corrected chi connectivity index (χ4v) is 5.87. The molecule has 3 rings (SSSR count). The molecule has 1 aliphatic heterocycles. The van der Waals surface area contributed by atoms with E-state index in [1.807, 2.05) is 39.0 Å². The van der Waals surface area contributed by atoms with Crippen LogP contribution in [0, 0.1) is 13.8 Å². The van der Waals surface area contributed by atoms with Gasteiger partial charge in [0.1, 0.15) is 0 Å². The van der Waals surface area contributed by atoms with E-state index in [1.165, 1.54) is 11.8 Å². The van der Waals surface area contributed by atoms with Crippen LogP contribution in [0.4, 0.5) is 0 Å². The summed E-state index contributed by atoms with van der Waals surface area (Å²) in [5.74, 6) is 0.304. The molecule has 1 aromatic heterocycles. The molecule has 1 aromatic carbocycles. The van der Waals surface area contributed by atoms with E-state index in [9.17, 15) is 13.2 Å². The monoisotopic (exact) mass is 423 g/mol. The third-order valence-electron chi connectivity index (χ3n) is 5.00. The Morgan fingerprint density at radius 3 is 2.82 bits per heavy atom. The average molecular weight is 424 g/mol. The molecule has 0 saturated carbocycles. The number of benzene rings is 1. The van der Waals surface area contributed by atoms with Crippen molar-refractivity contribution >= 4 is 27.5 Å². The zero-order chi connectivity index (χ0) is 20.3. The molecule has 8 nitrogen and oxygen atoms in total. The van der Waals surface area contributed by atoms with Crippen LogP contribution in [0.2, 0.25) is 0 Å². The highest BCUT2D eigenvalue weighted by molar-refractivity contribution is 7.99. The van der Waals surface area contributed by atoms with E-state index in [-0.39, 0.29) is 29.2 Å². The van der Waals surface area contributed by atoms with Gasteiger partial charge in [0.05, 0.1) is 22.9 Å². The third-order valence-corrected chi connectivity index (χ3v) is 7.66. The fraction of sp³-hybridized carbons (Fsp3) is 0.556. The Hall–Kier alpha value is -1.94. The molecule has 0 radical (unpaired) electrons. The van der Waals surface area contributed by atoms with Crippen molar-refractivity contribution in [3.05, 3.63) is 29.3 Å². The molecule has 1 amide bonds. The van der Waals surface area contributed by atoms with Gasteiger partial charge >= 0.3 is 0 Å². The zero-order valence-corrected chi connectivity index (χ0v) is 18.0. The van der Waals surface area contributed by atoms with Gasteiger partial charge in [-0.15, -0.1) is 5.10 Å². The standard InChI is InChI=1S/C18H25N5O3S2/c1-4-9-22(15-8-10-28(25,26)12-15)17(24)11-27-18-19-20-21-23(18)16-7-5-6-13(2)14(16)3/h5-7,15H,4,8-12H2,1-3H3/t15-/m0/s1. The molecule has 0 bridgehead atoms. The number of amides is 1. The zero-order valence-electron chi connectivity index (χ0n) is 16.3. The van der Waals surface area contributed by atoms with Gasteiger partial charge in [0, 0.05) is 12.6 Å². The molecule has 0 spiro atoms. The van der Waals surface area contributed by atoms with Crippen molar-refractivity contribution in [3.8, 4) is 5.69 Å². The number of nitrogens with zero attached hydrogens (tertiary/aromatic N) is 5. The molecular weight excluding hydrogens is 398 g/mol. The van der Waals surface area contributed by atoms with Crippen LogP contribution in [0.3, 0.4) is 0 Å². The number of aryl methyl sites for hydroxylation is 1. The van der Waals surface area contributed by atoms with Crippen LogP contribution in [0.25, 0.3) is 5.69 Å². The summed E-state index contributed by atoms with van der Waals surface area (Å²) < 4.78 is 25.3. The Morgan fingerprint density at radius 1 is 1.36 bits per heavy atom. The first kappa shape index (κ1) is 20.8. The highest BCUT2D eigenvalue weighted by Gasteiger charge is 2.34. The Bertz CT molecular complexity index is 958. The number of carbonyl (C=O) groups is 1. The van der Waals surface area contributed by atoms with Gasteiger partial charge in [-0.05, 0) is 54.3 Å². The lowest BCUT2D eigenvalue weighted by atomic mass is 10.1. The molecule has 1 atom stereocenters. The molecule has 1 saturated heterocycles. The van der Waals surface area contributed by atoms with Gasteiger partial charge in [-0.1, -0.05) is 30.8 Å². The molecule has 152 valence electrons. The maximum atomic E-state index is 12.8. The molecular formula is C18H25N5O3S2. The van der Waals surface area contributed by atoms with Crippen LogP contribution in [0.15, 0.2) is 23.4 Å². The van der Waals surface area contributed by atoms with Crippen LogP contribution in [-0.4, -0.2) is 69.3 Å². The van der Waals surface area contributed by atoms with Crippen molar-refractivity contribution in [2.45, 2.75) is 44.8 Å². The van der Waals surface area contributed by atoms with Crippen molar-refractivity contribution in [3.63, 3.8) is 0 Å². The smallest absolute Gasteiger partial charge is 0.233 e. The van der Waals surface area contributed by atoms with Gasteiger partial charge in [0.25, 0.3) is 0 Å². The van der Waals surface area contributed by atoms with Crippen LogP contribution in [-0.2, 0) is 14.6 Å². The van der Waals surface area contributed by atoms with Crippen LogP contribution in [0.1, 0.15) is 30.9 Å². The summed E-state index contributed by atoms with van der Waals surface area (Å²) in [5.41, 5.74) is 3.09. The Labute approximate surface area is 169 Å². The van der Waals surface area contributed by atoms with Crippen LogP contribution in [0.5, 0.6) is 0 Å². The van der Waals surface area contributed by atoms with Crippen LogP contribution >= 0.6 is 11.8 Å². The molecule has 0 aliphatic carbocycles. The first-order valence-corrected chi connectivity index (χ1v) is 12.1. The van der Waals surface area contributed by atoms with Gasteiger partial charge in [0.15, 0.2) is 9.84 Å². The average Bonchev–Trinajstić information content (AvgIpc) is 3.26. The second-order valence-electron chi connectivity index (χ2n) is 7.02. The first-order valence-electron chi connectivity index (χ1n) is 9.30. The van der Waals surface area contributed by atoms with Crippen molar-refractivity contribution in [2.24, 2.45) is 0 Å². The maximum Gasteiger partial charge on any atom is 0.233 e. The molecule has 28 heavy (non-hydrogen) atoms. The van der Waals surface area contributed by atoms with Crippen molar-refractivity contribution < 1.29 is 13.2 Å². The summed E-state index contributed by atoms with van der Waals surface area (Å²) in [6.07, 6.45) is 1.30. The predicted molar refractivity (Wildman–Crippen MR) is 108 cm³/mol. The minimum absolute atomic E-state index is 0.0592. The Kier molecular flexibility index (Phi) is 6.39. The summed E-state index contributed by atoms with van der Waals surface area (Å²) >= 11 is 1.27. The van der Waals surface area contributed by atoms with Crippen molar-refractivity contribution in [1.29, 1.82) is 0 Å². The second kappa shape index (κ2) is 8.60. The summed E-state index contributed by atoms with van der Waals surface area (Å²) in [7, 11) is -3.04. The lowest BCUT2D eigenvalue weighted by Gasteiger charge is -2.27. The SMILES string of the molecule is CCCN(C(=O)CSc1nnnn1-c1cccc(C)c1C)[C@H]1CCS(=O)(=O)C1. The fourth-order valence-electron chi connectivity index (χ4n) is 3.37. The van der Waals surface area contributed by atoms with Gasteiger partial charge in [-0.2, -0.15) is 4.68 Å². The number of aromatic nitrogens is 4. The summed E-state index contributed by atoms with van der Waals surface area (Å²) in [6.45, 7) is 6.58. The van der Waals surface area contributed by atoms with E-state index in [2.05, 4.69) is 15.5 Å². The Morgan fingerprint density at radius 2 is 2.14 bits per heavy atom. The van der Waals surface area contributed by atoms with Gasteiger partial charge in [-0.25, -0.2) is 8.42 Å². The van der Waals surface area contributed by atoms with E-state index in [1.54, 1.807) is 9.58 Å². The summed E-state index contributed by atoms with van der Waals surface area (Å²) in [4.78, 5) is 14.5. The van der Waals surface area contributed by atoms with Gasteiger partial charge in [-0.3, -0.25) is 4.79 Å². The lowest BCUT2D eigenvalue weighted by Crippen LogP contribution is -2.42. The van der Waals surface area contributed by atoms with Crippen molar-refractivity contribution in [1.82, 2.24) is 25.1 Å². The van der Waals surface area contributed by atoms with E-state index in [0.29, 0.717) is 18.1 Å². The van der Waals surface area contributed by atoms with E-state index < -0.39 is 9.84 Å². The largest absolute Gasteiger partial charge is 0.338 e. The molecule has 1 fully saturated rings. The highest BCUT2D eigenvalue weighted by Crippen LogP contribution is 2.24. The quantitative estimate of drug-likeness (QED) is 0.626. The number of hydrogen-bond acceptors (Lipinski definition) is 7. The number of carbonyl (C=O) groups excluding carboxylic acids is 1. The second-order valence-corrected chi connectivity index (χ2v) is 10.2. The number of tetrazole rings is 1. The highest BCUT2D eigenvalue weighted by atomic mass is 32.2. The molecule has 1 aliphatic rings. The van der Waals surface area contributed by atoms with Crippen molar-refractivity contribution in [2.75, 3.05) is 23.8 Å². The maximum absolute atomic E-state index is 12.8. The minimum atomic E-state index is -3.04.